The zero-order valence-electron chi connectivity index (χ0n) is 11.4. The Morgan fingerprint density at radius 3 is 2.62 bits per heavy atom. The molecule has 1 N–H and O–H groups in total. The van der Waals surface area contributed by atoms with Crippen LogP contribution in [-0.4, -0.2) is 12.5 Å². The average molecular weight is 345 g/mol. The van der Waals surface area contributed by atoms with Gasteiger partial charge in [0, 0.05) is 10.0 Å². The molecule has 0 aliphatic heterocycles. The van der Waals surface area contributed by atoms with E-state index in [1.165, 1.54) is 0 Å². The second kappa shape index (κ2) is 6.91. The van der Waals surface area contributed by atoms with Crippen molar-refractivity contribution < 1.29 is 9.53 Å². The smallest absolute Gasteiger partial charge is 0.255 e. The average Bonchev–Trinajstić information content (AvgIpc) is 2.50. The van der Waals surface area contributed by atoms with Gasteiger partial charge in [-0.2, -0.15) is 5.26 Å². The van der Waals surface area contributed by atoms with Crippen molar-refractivity contribution in [3.05, 3.63) is 58.1 Å². The van der Waals surface area contributed by atoms with E-state index < -0.39 is 0 Å². The molecule has 0 saturated heterocycles. The maximum absolute atomic E-state index is 12.2. The van der Waals surface area contributed by atoms with Crippen molar-refractivity contribution in [3.63, 3.8) is 0 Å². The van der Waals surface area contributed by atoms with Crippen LogP contribution in [0.4, 0.5) is 5.69 Å². The van der Waals surface area contributed by atoms with Gasteiger partial charge in [-0.25, -0.2) is 0 Å². The normalized spacial score (nSPS) is 9.76. The molecule has 4 nitrogen and oxygen atoms in total. The van der Waals surface area contributed by atoms with Crippen molar-refractivity contribution in [3.8, 4) is 11.8 Å². The molecule has 0 unspecified atom stereocenters. The molecule has 0 spiro atoms. The van der Waals surface area contributed by atoms with E-state index >= 15 is 0 Å². The van der Waals surface area contributed by atoms with Crippen molar-refractivity contribution in [1.82, 2.24) is 0 Å². The maximum Gasteiger partial charge on any atom is 0.255 e. The number of nitrogens with one attached hydrogen (secondary N) is 1. The molecule has 5 heteroatoms. The van der Waals surface area contributed by atoms with Crippen LogP contribution in [0.5, 0.6) is 5.75 Å². The predicted molar refractivity (Wildman–Crippen MR) is 84.4 cm³/mol. The topological polar surface area (TPSA) is 62.1 Å². The van der Waals surface area contributed by atoms with Crippen LogP contribution in [0.15, 0.2) is 46.9 Å². The minimum absolute atomic E-state index is 0.267. The van der Waals surface area contributed by atoms with Gasteiger partial charge in [-0.05, 0) is 49.4 Å². The number of rotatable bonds is 4. The number of carbonyl (C=O) groups is 1. The summed E-state index contributed by atoms with van der Waals surface area (Å²) in [7, 11) is 0. The molecule has 2 aromatic rings. The van der Waals surface area contributed by atoms with E-state index in [2.05, 4.69) is 27.3 Å². The van der Waals surface area contributed by atoms with Gasteiger partial charge in [-0.1, -0.05) is 15.9 Å². The van der Waals surface area contributed by atoms with Crippen molar-refractivity contribution >= 4 is 27.5 Å². The van der Waals surface area contributed by atoms with E-state index in [1.807, 2.05) is 6.92 Å². The molecule has 0 bridgehead atoms. The van der Waals surface area contributed by atoms with E-state index in [-0.39, 0.29) is 5.91 Å². The third-order valence-corrected chi connectivity index (χ3v) is 3.27. The molecule has 0 atom stereocenters. The van der Waals surface area contributed by atoms with E-state index in [0.717, 1.165) is 10.2 Å². The zero-order valence-corrected chi connectivity index (χ0v) is 13.0. The summed E-state index contributed by atoms with van der Waals surface area (Å²) < 4.78 is 6.12. The molecule has 0 aliphatic rings. The van der Waals surface area contributed by atoms with Crippen molar-refractivity contribution in [2.45, 2.75) is 6.92 Å². The molecule has 0 heterocycles. The van der Waals surface area contributed by atoms with Crippen LogP contribution in [0.2, 0.25) is 0 Å². The third kappa shape index (κ3) is 3.83. The van der Waals surface area contributed by atoms with Crippen molar-refractivity contribution in [2.24, 2.45) is 0 Å². The van der Waals surface area contributed by atoms with Crippen molar-refractivity contribution in [2.75, 3.05) is 11.9 Å². The highest BCUT2D eigenvalue weighted by atomic mass is 79.9. The van der Waals surface area contributed by atoms with Crippen LogP contribution in [0.1, 0.15) is 22.8 Å². The van der Waals surface area contributed by atoms with Gasteiger partial charge in [0.15, 0.2) is 0 Å². The number of anilines is 1. The molecule has 21 heavy (non-hydrogen) atoms. The monoisotopic (exact) mass is 344 g/mol. The molecule has 0 fully saturated rings. The van der Waals surface area contributed by atoms with Crippen LogP contribution in [0, 0.1) is 11.3 Å². The fourth-order valence-corrected chi connectivity index (χ4v) is 2.14. The SMILES string of the molecule is CCOc1ccc(C(=O)Nc2ccc(Br)cc2C#N)cc1. The van der Waals surface area contributed by atoms with Crippen LogP contribution in [0.3, 0.4) is 0 Å². The number of amides is 1. The van der Waals surface area contributed by atoms with Gasteiger partial charge in [0.1, 0.15) is 11.8 Å². The molecule has 0 saturated carbocycles. The Labute approximate surface area is 131 Å². The molecule has 2 rings (SSSR count). The third-order valence-electron chi connectivity index (χ3n) is 2.78. The van der Waals surface area contributed by atoms with E-state index in [4.69, 9.17) is 10.00 Å². The summed E-state index contributed by atoms with van der Waals surface area (Å²) in [5, 5.41) is 11.8. The summed E-state index contributed by atoms with van der Waals surface area (Å²) in [6, 6.07) is 14.0. The van der Waals surface area contributed by atoms with Gasteiger partial charge in [0.25, 0.3) is 5.91 Å². The summed E-state index contributed by atoms with van der Waals surface area (Å²) in [4.78, 5) is 12.2. The van der Waals surface area contributed by atoms with Gasteiger partial charge in [-0.3, -0.25) is 4.79 Å². The van der Waals surface area contributed by atoms with Crippen LogP contribution >= 0.6 is 15.9 Å². The number of benzene rings is 2. The Kier molecular flexibility index (Phi) is 4.96. The fraction of sp³-hybridized carbons (Fsp3) is 0.125. The van der Waals surface area contributed by atoms with Crippen LogP contribution in [0.25, 0.3) is 0 Å². The van der Waals surface area contributed by atoms with Crippen LogP contribution in [-0.2, 0) is 0 Å². The highest BCUT2D eigenvalue weighted by Gasteiger charge is 2.09. The standard InChI is InChI=1S/C16H13BrN2O2/c1-2-21-14-6-3-11(4-7-14)16(20)19-15-8-5-13(17)9-12(15)10-18/h3-9H,2H2,1H3,(H,19,20). The summed E-state index contributed by atoms with van der Waals surface area (Å²) in [5.74, 6) is 0.451. The first-order valence-corrected chi connectivity index (χ1v) is 7.17. The number of halogens is 1. The van der Waals surface area contributed by atoms with Gasteiger partial charge >= 0.3 is 0 Å². The first-order valence-electron chi connectivity index (χ1n) is 6.38. The number of carbonyl (C=O) groups excluding carboxylic acids is 1. The molecular weight excluding hydrogens is 332 g/mol. The lowest BCUT2D eigenvalue weighted by Crippen LogP contribution is -2.12. The molecule has 0 radical (unpaired) electrons. The Hall–Kier alpha value is -2.32. The van der Waals surface area contributed by atoms with Gasteiger partial charge in [0.2, 0.25) is 0 Å². The van der Waals surface area contributed by atoms with E-state index in [0.29, 0.717) is 23.4 Å². The quantitative estimate of drug-likeness (QED) is 0.912. The van der Waals surface area contributed by atoms with Gasteiger partial charge in [-0.15, -0.1) is 0 Å². The maximum atomic E-state index is 12.2. The predicted octanol–water partition coefficient (Wildman–Crippen LogP) is 3.97. The van der Waals surface area contributed by atoms with Crippen molar-refractivity contribution in [1.29, 1.82) is 5.26 Å². The Balaban J connectivity index is 2.16. The Morgan fingerprint density at radius 2 is 2.00 bits per heavy atom. The number of nitriles is 1. The van der Waals surface area contributed by atoms with E-state index in [1.54, 1.807) is 42.5 Å². The highest BCUT2D eigenvalue weighted by Crippen LogP contribution is 2.21. The lowest BCUT2D eigenvalue weighted by atomic mass is 10.1. The largest absolute Gasteiger partial charge is 0.494 e. The molecule has 0 aromatic heterocycles. The Bertz CT molecular complexity index is 690. The van der Waals surface area contributed by atoms with E-state index in [9.17, 15) is 4.79 Å². The molecular formula is C16H13BrN2O2. The fourth-order valence-electron chi connectivity index (χ4n) is 1.78. The van der Waals surface area contributed by atoms with Gasteiger partial charge in [0.05, 0.1) is 17.9 Å². The lowest BCUT2D eigenvalue weighted by molar-refractivity contribution is 0.102. The summed E-state index contributed by atoms with van der Waals surface area (Å²) in [6.07, 6.45) is 0. The zero-order chi connectivity index (χ0) is 15.2. The number of ether oxygens (including phenoxy) is 1. The number of hydrogen-bond acceptors (Lipinski definition) is 3. The second-order valence-corrected chi connectivity index (χ2v) is 5.13. The molecule has 1 amide bonds. The minimum Gasteiger partial charge on any atom is -0.494 e. The molecule has 106 valence electrons. The summed E-state index contributed by atoms with van der Waals surface area (Å²) in [6.45, 7) is 2.48. The first kappa shape index (κ1) is 15.1. The Morgan fingerprint density at radius 1 is 1.29 bits per heavy atom. The minimum atomic E-state index is -0.267. The molecule has 0 aliphatic carbocycles. The number of hydrogen-bond donors (Lipinski definition) is 1. The summed E-state index contributed by atoms with van der Waals surface area (Å²) >= 11 is 3.29. The highest BCUT2D eigenvalue weighted by molar-refractivity contribution is 9.10. The van der Waals surface area contributed by atoms with Gasteiger partial charge < -0.3 is 10.1 Å². The number of nitrogens with zero attached hydrogens (tertiary/aromatic N) is 1. The molecule has 2 aromatic carbocycles. The van der Waals surface area contributed by atoms with Crippen LogP contribution < -0.4 is 10.1 Å². The first-order chi connectivity index (χ1) is 10.1. The lowest BCUT2D eigenvalue weighted by Gasteiger charge is -2.08. The second-order valence-electron chi connectivity index (χ2n) is 4.21. The summed E-state index contributed by atoms with van der Waals surface area (Å²) in [5.41, 5.74) is 1.40.